The maximum Gasteiger partial charge on any atom is 0.224 e. The van der Waals surface area contributed by atoms with Gasteiger partial charge in [0.1, 0.15) is 0 Å². The predicted octanol–water partition coefficient (Wildman–Crippen LogP) is 2.53. The summed E-state index contributed by atoms with van der Waals surface area (Å²) in [4.78, 5) is 14.7. The van der Waals surface area contributed by atoms with Crippen LogP contribution in [0.4, 0.5) is 4.39 Å². The van der Waals surface area contributed by atoms with Gasteiger partial charge in [0.05, 0.1) is 12.6 Å². The number of methoxy groups -OCH3 is 1. The highest BCUT2D eigenvalue weighted by atomic mass is 19.1. The van der Waals surface area contributed by atoms with Gasteiger partial charge in [-0.1, -0.05) is 19.1 Å². The van der Waals surface area contributed by atoms with Crippen molar-refractivity contribution in [2.75, 3.05) is 26.7 Å². The molecule has 122 valence electrons. The van der Waals surface area contributed by atoms with Crippen molar-refractivity contribution >= 4 is 5.91 Å². The highest BCUT2D eigenvalue weighted by molar-refractivity contribution is 5.79. The molecule has 1 N–H and O–H groups in total. The van der Waals surface area contributed by atoms with E-state index in [4.69, 9.17) is 4.74 Å². The Kier molecular flexibility index (Phi) is 5.06. The zero-order valence-corrected chi connectivity index (χ0v) is 13.8. The van der Waals surface area contributed by atoms with Gasteiger partial charge >= 0.3 is 0 Å². The quantitative estimate of drug-likeness (QED) is 0.878. The van der Waals surface area contributed by atoms with Gasteiger partial charge in [-0.25, -0.2) is 4.39 Å². The maximum atomic E-state index is 13.9. The summed E-state index contributed by atoms with van der Waals surface area (Å²) in [6.45, 7) is 8.54. The van der Waals surface area contributed by atoms with E-state index in [2.05, 4.69) is 10.2 Å². The number of benzene rings is 1. The summed E-state index contributed by atoms with van der Waals surface area (Å²) < 4.78 is 19.0. The van der Waals surface area contributed by atoms with Crippen molar-refractivity contribution in [3.63, 3.8) is 0 Å². The number of carbonyl (C=O) groups excluding carboxylic acids is 1. The molecule has 1 aliphatic rings. The molecule has 0 spiro atoms. The van der Waals surface area contributed by atoms with Crippen molar-refractivity contribution < 1.29 is 13.9 Å². The zero-order valence-electron chi connectivity index (χ0n) is 13.8. The first-order valence-corrected chi connectivity index (χ1v) is 7.72. The smallest absolute Gasteiger partial charge is 0.224 e. The Morgan fingerprint density at radius 3 is 2.68 bits per heavy atom. The highest BCUT2D eigenvalue weighted by Crippen LogP contribution is 2.32. The average molecular weight is 308 g/mol. The fraction of sp³-hybridized carbons (Fsp3) is 0.588. The first kappa shape index (κ1) is 16.7. The lowest BCUT2D eigenvalue weighted by Gasteiger charge is -2.34. The van der Waals surface area contributed by atoms with Crippen molar-refractivity contribution in [1.29, 1.82) is 0 Å². The van der Waals surface area contributed by atoms with Crippen LogP contribution in [0.3, 0.4) is 0 Å². The van der Waals surface area contributed by atoms with Gasteiger partial charge in [-0.3, -0.25) is 4.79 Å². The summed E-state index contributed by atoms with van der Waals surface area (Å²) in [6.07, 6.45) is 1.21. The minimum absolute atomic E-state index is 0.0248. The van der Waals surface area contributed by atoms with Crippen LogP contribution in [-0.4, -0.2) is 37.6 Å². The van der Waals surface area contributed by atoms with Gasteiger partial charge in [-0.15, -0.1) is 0 Å². The minimum Gasteiger partial charge on any atom is -0.493 e. The molecule has 1 saturated heterocycles. The van der Waals surface area contributed by atoms with E-state index in [1.54, 1.807) is 12.1 Å². The van der Waals surface area contributed by atoms with Crippen LogP contribution in [0, 0.1) is 11.7 Å². The number of likely N-dealkylation sites (tertiary alicyclic amines) is 1. The molecule has 22 heavy (non-hydrogen) atoms. The zero-order chi connectivity index (χ0) is 16.3. The molecule has 1 aromatic carbocycles. The molecule has 0 aromatic heterocycles. The van der Waals surface area contributed by atoms with E-state index in [1.807, 2.05) is 20.8 Å². The number of hydrogen-bond acceptors (Lipinski definition) is 3. The lowest BCUT2D eigenvalue weighted by Crippen LogP contribution is -2.48. The molecule has 1 atom stereocenters. The summed E-state index contributed by atoms with van der Waals surface area (Å²) >= 11 is 0. The topological polar surface area (TPSA) is 41.6 Å². The van der Waals surface area contributed by atoms with Crippen LogP contribution < -0.4 is 10.1 Å². The normalized spacial score (nSPS) is 16.8. The molecular formula is C17H25FN2O2. The number of carbonyl (C=O) groups is 1. The second-order valence-corrected chi connectivity index (χ2v) is 6.49. The fourth-order valence-electron chi connectivity index (χ4n) is 2.74. The summed E-state index contributed by atoms with van der Waals surface area (Å²) in [5.41, 5.74) is -0.0622. The van der Waals surface area contributed by atoms with Gasteiger partial charge in [0, 0.05) is 18.0 Å². The summed E-state index contributed by atoms with van der Waals surface area (Å²) in [5, 5.41) is 3.02. The largest absolute Gasteiger partial charge is 0.493 e. The Hall–Kier alpha value is -1.62. The van der Waals surface area contributed by atoms with E-state index in [-0.39, 0.29) is 17.6 Å². The molecule has 1 aromatic rings. The van der Waals surface area contributed by atoms with Gasteiger partial charge in [0.2, 0.25) is 5.91 Å². The summed E-state index contributed by atoms with van der Waals surface area (Å²) in [6, 6.07) is 4.76. The van der Waals surface area contributed by atoms with Crippen molar-refractivity contribution in [3.8, 4) is 5.75 Å². The Morgan fingerprint density at radius 2 is 2.14 bits per heavy atom. The Morgan fingerprint density at radius 1 is 1.45 bits per heavy atom. The molecule has 2 rings (SSSR count). The number of amides is 1. The molecular weight excluding hydrogens is 283 g/mol. The van der Waals surface area contributed by atoms with Gasteiger partial charge in [-0.2, -0.15) is 0 Å². The summed E-state index contributed by atoms with van der Waals surface area (Å²) in [5.74, 6) is -0.360. The Balaban J connectivity index is 2.09. The van der Waals surface area contributed by atoms with Gasteiger partial charge in [0.25, 0.3) is 0 Å². The Labute approximate surface area is 131 Å². The van der Waals surface area contributed by atoms with Crippen LogP contribution >= 0.6 is 0 Å². The molecule has 0 aliphatic carbocycles. The molecule has 1 fully saturated rings. The van der Waals surface area contributed by atoms with E-state index >= 15 is 0 Å². The molecule has 1 aliphatic heterocycles. The van der Waals surface area contributed by atoms with Crippen molar-refractivity contribution in [1.82, 2.24) is 10.2 Å². The third-order valence-electron chi connectivity index (χ3n) is 4.21. The molecule has 0 unspecified atom stereocenters. The Bertz CT molecular complexity index is 541. The van der Waals surface area contributed by atoms with E-state index in [1.165, 1.54) is 19.6 Å². The molecule has 1 amide bonds. The van der Waals surface area contributed by atoms with Crippen LogP contribution in [0.5, 0.6) is 5.75 Å². The third-order valence-corrected chi connectivity index (χ3v) is 4.21. The number of rotatable bonds is 6. The van der Waals surface area contributed by atoms with E-state index in [9.17, 15) is 9.18 Å². The van der Waals surface area contributed by atoms with Gasteiger partial charge in [-0.05, 0) is 39.4 Å². The number of para-hydroxylation sites is 1. The molecule has 4 nitrogen and oxygen atoms in total. The lowest BCUT2D eigenvalue weighted by molar-refractivity contribution is -0.127. The minimum atomic E-state index is -0.701. The number of halogens is 1. The SMILES string of the molecule is COc1c(F)cccc1C(C)(C)NC(=O)[C@@H](C)CN1CCC1. The molecule has 0 radical (unpaired) electrons. The standard InChI is InChI=1S/C17H25FN2O2/c1-12(11-20-9-6-10-20)16(21)19-17(2,3)13-7-5-8-14(18)15(13)22-4/h5,7-8,12H,6,9-11H2,1-4H3,(H,19,21)/t12-/m0/s1. The first-order chi connectivity index (χ1) is 10.3. The van der Waals surface area contributed by atoms with Gasteiger partial charge < -0.3 is 15.0 Å². The third kappa shape index (κ3) is 3.58. The van der Waals surface area contributed by atoms with E-state index < -0.39 is 11.4 Å². The van der Waals surface area contributed by atoms with Crippen molar-refractivity contribution in [2.45, 2.75) is 32.7 Å². The van der Waals surface area contributed by atoms with Crippen molar-refractivity contribution in [3.05, 3.63) is 29.6 Å². The monoisotopic (exact) mass is 308 g/mol. The van der Waals surface area contributed by atoms with Crippen LogP contribution in [0.1, 0.15) is 32.8 Å². The van der Waals surface area contributed by atoms with E-state index in [0.717, 1.165) is 19.6 Å². The van der Waals surface area contributed by atoms with E-state index in [0.29, 0.717) is 5.56 Å². The number of nitrogens with one attached hydrogen (secondary N) is 1. The fourth-order valence-corrected chi connectivity index (χ4v) is 2.74. The number of ether oxygens (including phenoxy) is 1. The molecule has 0 bridgehead atoms. The number of hydrogen-bond donors (Lipinski definition) is 1. The maximum absolute atomic E-state index is 13.9. The van der Waals surface area contributed by atoms with Crippen LogP contribution in [0.2, 0.25) is 0 Å². The van der Waals surface area contributed by atoms with Crippen LogP contribution in [0.25, 0.3) is 0 Å². The second kappa shape index (κ2) is 6.65. The molecule has 1 heterocycles. The van der Waals surface area contributed by atoms with Crippen molar-refractivity contribution in [2.24, 2.45) is 5.92 Å². The second-order valence-electron chi connectivity index (χ2n) is 6.49. The van der Waals surface area contributed by atoms with Crippen LogP contribution in [-0.2, 0) is 10.3 Å². The lowest BCUT2D eigenvalue weighted by atomic mass is 9.92. The number of nitrogens with zero attached hydrogens (tertiary/aromatic N) is 1. The van der Waals surface area contributed by atoms with Crippen LogP contribution in [0.15, 0.2) is 18.2 Å². The predicted molar refractivity (Wildman–Crippen MR) is 84.3 cm³/mol. The molecule has 5 heteroatoms. The highest BCUT2D eigenvalue weighted by Gasteiger charge is 2.30. The summed E-state index contributed by atoms with van der Waals surface area (Å²) in [7, 11) is 1.44. The average Bonchev–Trinajstić information content (AvgIpc) is 2.41. The molecule has 0 saturated carbocycles. The first-order valence-electron chi connectivity index (χ1n) is 7.72. The van der Waals surface area contributed by atoms with Gasteiger partial charge in [0.15, 0.2) is 11.6 Å².